The van der Waals surface area contributed by atoms with Crippen molar-refractivity contribution < 1.29 is 17.2 Å². The topological polar surface area (TPSA) is 63.6 Å². The molecule has 0 aromatic heterocycles. The highest BCUT2D eigenvalue weighted by molar-refractivity contribution is 9.10. The quantitative estimate of drug-likeness (QED) is 0.813. The summed E-state index contributed by atoms with van der Waals surface area (Å²) >= 11 is 3.16. The summed E-state index contributed by atoms with van der Waals surface area (Å²) in [4.78, 5) is 0. The van der Waals surface area contributed by atoms with Gasteiger partial charge in [0.05, 0.1) is 0 Å². The average Bonchev–Trinajstić information content (AvgIpc) is 1.91. The number of halogens is 1. The maximum Gasteiger partial charge on any atom is 0.446 e. The highest BCUT2D eigenvalue weighted by Gasteiger charge is 2.05. The van der Waals surface area contributed by atoms with E-state index in [-0.39, 0.29) is 5.75 Å². The molecule has 1 N–H and O–H groups in total. The van der Waals surface area contributed by atoms with Crippen molar-refractivity contribution >= 4 is 26.3 Å². The van der Waals surface area contributed by atoms with Crippen LogP contribution >= 0.6 is 15.9 Å². The van der Waals surface area contributed by atoms with Crippen molar-refractivity contribution in [3.8, 4) is 5.75 Å². The molecule has 0 bridgehead atoms. The third kappa shape index (κ3) is 3.21. The molecule has 1 rings (SSSR count). The summed E-state index contributed by atoms with van der Waals surface area (Å²) in [5.74, 6) is 0.0701. The van der Waals surface area contributed by atoms with Gasteiger partial charge < -0.3 is 4.18 Å². The van der Waals surface area contributed by atoms with Gasteiger partial charge in [-0.3, -0.25) is 4.55 Å². The van der Waals surface area contributed by atoms with E-state index >= 15 is 0 Å². The zero-order valence-electron chi connectivity index (χ0n) is 5.77. The molecule has 12 heavy (non-hydrogen) atoms. The van der Waals surface area contributed by atoms with Crippen molar-refractivity contribution in [2.45, 2.75) is 0 Å². The molecule has 0 atom stereocenters. The van der Waals surface area contributed by atoms with E-state index in [1.807, 2.05) is 0 Å². The van der Waals surface area contributed by atoms with E-state index in [2.05, 4.69) is 20.1 Å². The van der Waals surface area contributed by atoms with Crippen LogP contribution in [0.15, 0.2) is 28.7 Å². The fourth-order valence-corrected chi connectivity index (χ4v) is 1.23. The largest absolute Gasteiger partial charge is 0.446 e. The van der Waals surface area contributed by atoms with Gasteiger partial charge in [0.2, 0.25) is 0 Å². The van der Waals surface area contributed by atoms with E-state index in [1.54, 1.807) is 12.1 Å². The monoisotopic (exact) mass is 252 g/mol. The third-order valence-electron chi connectivity index (χ3n) is 1.02. The first-order valence-corrected chi connectivity index (χ1v) is 5.06. The average molecular weight is 253 g/mol. The smallest absolute Gasteiger partial charge is 0.362 e. The van der Waals surface area contributed by atoms with Gasteiger partial charge in [-0.05, 0) is 24.3 Å². The Morgan fingerprint density at radius 2 is 1.75 bits per heavy atom. The Hall–Kier alpha value is -0.590. The van der Waals surface area contributed by atoms with Crippen LogP contribution in [-0.4, -0.2) is 13.0 Å². The van der Waals surface area contributed by atoms with Crippen molar-refractivity contribution in [1.29, 1.82) is 0 Å². The molecule has 1 aromatic carbocycles. The van der Waals surface area contributed by atoms with Gasteiger partial charge in [0.1, 0.15) is 5.75 Å². The molecule has 0 saturated carbocycles. The van der Waals surface area contributed by atoms with E-state index in [0.29, 0.717) is 0 Å². The minimum Gasteiger partial charge on any atom is -0.362 e. The van der Waals surface area contributed by atoms with Gasteiger partial charge in [-0.1, -0.05) is 15.9 Å². The molecule has 1 aromatic rings. The minimum absolute atomic E-state index is 0.0701. The first-order valence-electron chi connectivity index (χ1n) is 2.90. The Bertz CT molecular complexity index is 356. The van der Waals surface area contributed by atoms with E-state index in [4.69, 9.17) is 4.55 Å². The van der Waals surface area contributed by atoms with Gasteiger partial charge in [0.25, 0.3) is 0 Å². The predicted octanol–water partition coefficient (Wildman–Crippen LogP) is 1.63. The lowest BCUT2D eigenvalue weighted by Crippen LogP contribution is -2.06. The van der Waals surface area contributed by atoms with Crippen LogP contribution in [0.3, 0.4) is 0 Å². The highest BCUT2D eigenvalue weighted by atomic mass is 79.9. The van der Waals surface area contributed by atoms with Crippen LogP contribution in [0.4, 0.5) is 0 Å². The van der Waals surface area contributed by atoms with Crippen molar-refractivity contribution in [2.24, 2.45) is 0 Å². The van der Waals surface area contributed by atoms with Crippen molar-refractivity contribution in [1.82, 2.24) is 0 Å². The van der Waals surface area contributed by atoms with Gasteiger partial charge in [0, 0.05) is 4.47 Å². The first-order chi connectivity index (χ1) is 5.47. The Balaban J connectivity index is 2.85. The van der Waals surface area contributed by atoms with Crippen LogP contribution in [0, 0.1) is 0 Å². The van der Waals surface area contributed by atoms with Crippen LogP contribution in [-0.2, 0) is 10.4 Å². The maximum atomic E-state index is 10.2. The summed E-state index contributed by atoms with van der Waals surface area (Å²) < 4.78 is 33.7. The van der Waals surface area contributed by atoms with Gasteiger partial charge in [-0.15, -0.1) is 0 Å². The third-order valence-corrected chi connectivity index (χ3v) is 1.95. The van der Waals surface area contributed by atoms with E-state index in [9.17, 15) is 8.42 Å². The van der Waals surface area contributed by atoms with E-state index in [1.165, 1.54) is 12.1 Å². The van der Waals surface area contributed by atoms with Gasteiger partial charge in [-0.2, -0.15) is 8.42 Å². The Kier molecular flexibility index (Phi) is 2.71. The summed E-state index contributed by atoms with van der Waals surface area (Å²) in [6.45, 7) is 0. The van der Waals surface area contributed by atoms with Crippen molar-refractivity contribution in [3.05, 3.63) is 28.7 Å². The second-order valence-electron chi connectivity index (χ2n) is 1.96. The molecular weight excluding hydrogens is 248 g/mol. The Labute approximate surface area is 78.3 Å². The van der Waals surface area contributed by atoms with Crippen LogP contribution in [0.2, 0.25) is 0 Å². The molecule has 0 heterocycles. The lowest BCUT2D eigenvalue weighted by atomic mass is 10.3. The normalized spacial score (nSPS) is 11.2. The van der Waals surface area contributed by atoms with Crippen molar-refractivity contribution in [2.75, 3.05) is 0 Å². The molecule has 66 valence electrons. The minimum atomic E-state index is -4.41. The number of hydrogen-bond donors (Lipinski definition) is 1. The zero-order chi connectivity index (χ0) is 9.19. The summed E-state index contributed by atoms with van der Waals surface area (Å²) in [5.41, 5.74) is 0. The van der Waals surface area contributed by atoms with Gasteiger partial charge >= 0.3 is 10.4 Å². The fraction of sp³-hybridized carbons (Fsp3) is 0. The lowest BCUT2D eigenvalue weighted by molar-refractivity contribution is 0.387. The summed E-state index contributed by atoms with van der Waals surface area (Å²) in [6, 6.07) is 6.02. The van der Waals surface area contributed by atoms with E-state index in [0.717, 1.165) is 4.47 Å². The SMILES string of the molecule is O=S(=O)(O)Oc1ccc(Br)cc1. The molecule has 0 radical (unpaired) electrons. The van der Waals surface area contributed by atoms with Crippen LogP contribution in [0.5, 0.6) is 5.75 Å². The van der Waals surface area contributed by atoms with Gasteiger partial charge in [-0.25, -0.2) is 0 Å². The molecule has 0 aliphatic carbocycles. The highest BCUT2D eigenvalue weighted by Crippen LogP contribution is 2.16. The number of benzene rings is 1. The second-order valence-corrected chi connectivity index (χ2v) is 3.90. The fourth-order valence-electron chi connectivity index (χ4n) is 0.612. The second kappa shape index (κ2) is 3.42. The molecule has 0 fully saturated rings. The molecule has 0 amide bonds. The Morgan fingerprint density at radius 1 is 1.25 bits per heavy atom. The molecule has 4 nitrogen and oxygen atoms in total. The predicted molar refractivity (Wildman–Crippen MR) is 46.3 cm³/mol. The number of hydrogen-bond acceptors (Lipinski definition) is 3. The van der Waals surface area contributed by atoms with Crippen molar-refractivity contribution in [3.63, 3.8) is 0 Å². The maximum absolute atomic E-state index is 10.2. The zero-order valence-corrected chi connectivity index (χ0v) is 8.17. The van der Waals surface area contributed by atoms with Crippen LogP contribution in [0.25, 0.3) is 0 Å². The molecule has 0 unspecified atom stereocenters. The molecule has 0 spiro atoms. The molecule has 0 saturated heterocycles. The lowest BCUT2D eigenvalue weighted by Gasteiger charge is -1.99. The molecule has 6 heteroatoms. The standard InChI is InChI=1S/C6H5BrO4S/c7-5-1-3-6(4-2-5)11-12(8,9)10/h1-4H,(H,8,9,10). The summed E-state index contributed by atoms with van der Waals surface area (Å²) in [6.07, 6.45) is 0. The molecule has 0 aliphatic heterocycles. The Morgan fingerprint density at radius 3 is 2.17 bits per heavy atom. The molecular formula is C6H5BrO4S. The van der Waals surface area contributed by atoms with Crippen LogP contribution in [0.1, 0.15) is 0 Å². The summed E-state index contributed by atoms with van der Waals surface area (Å²) in [5, 5.41) is 0. The van der Waals surface area contributed by atoms with Crippen LogP contribution < -0.4 is 4.18 Å². The van der Waals surface area contributed by atoms with E-state index < -0.39 is 10.4 Å². The number of rotatable bonds is 2. The first kappa shape index (κ1) is 9.50. The molecule has 0 aliphatic rings. The summed E-state index contributed by atoms with van der Waals surface area (Å²) in [7, 11) is -4.41. The van der Waals surface area contributed by atoms with Gasteiger partial charge in [0.15, 0.2) is 0 Å².